The van der Waals surface area contributed by atoms with E-state index in [9.17, 15) is 13.5 Å². The third-order valence-corrected chi connectivity index (χ3v) is 8.12. The highest BCUT2D eigenvalue weighted by molar-refractivity contribution is 9.10. The number of aromatic hydroxyl groups is 1. The number of hydrogen-bond donors (Lipinski definition) is 3. The molecule has 0 saturated carbocycles. The van der Waals surface area contributed by atoms with E-state index in [0.717, 1.165) is 10.2 Å². The van der Waals surface area contributed by atoms with Gasteiger partial charge in [-0.3, -0.25) is 5.43 Å². The Kier molecular flexibility index (Phi) is 8.57. The zero-order valence-corrected chi connectivity index (χ0v) is 22.0. The van der Waals surface area contributed by atoms with Crippen LogP contribution in [0.5, 0.6) is 5.75 Å². The summed E-state index contributed by atoms with van der Waals surface area (Å²) in [5.74, 6) is 0.0771. The molecule has 2 aromatic carbocycles. The molecule has 4 rings (SSSR count). The summed E-state index contributed by atoms with van der Waals surface area (Å²) >= 11 is 8.76. The number of thiocarbonyl (C=S) groups is 1. The third-order valence-electron chi connectivity index (χ3n) is 5.54. The first-order chi connectivity index (χ1) is 16.8. The minimum Gasteiger partial charge on any atom is -0.507 e. The molecule has 2 saturated heterocycles. The van der Waals surface area contributed by atoms with Crippen LogP contribution in [0.4, 0.5) is 11.4 Å². The van der Waals surface area contributed by atoms with Gasteiger partial charge in [-0.2, -0.15) is 9.41 Å². The molecule has 0 spiro atoms. The molecule has 2 heterocycles. The summed E-state index contributed by atoms with van der Waals surface area (Å²) in [5, 5.41) is 17.3. The molecule has 10 nitrogen and oxygen atoms in total. The molecule has 2 aliphatic heterocycles. The van der Waals surface area contributed by atoms with E-state index in [-0.39, 0.29) is 15.8 Å². The highest BCUT2D eigenvalue weighted by Crippen LogP contribution is 2.31. The van der Waals surface area contributed by atoms with Crippen LogP contribution < -0.4 is 15.6 Å². The summed E-state index contributed by atoms with van der Waals surface area (Å²) in [6, 6.07) is 9.98. The Balaban J connectivity index is 1.55. The quantitative estimate of drug-likeness (QED) is 0.267. The van der Waals surface area contributed by atoms with Crippen molar-refractivity contribution in [2.75, 3.05) is 62.8 Å². The Morgan fingerprint density at radius 1 is 1.06 bits per heavy atom. The fourth-order valence-electron chi connectivity index (χ4n) is 3.73. The molecule has 35 heavy (non-hydrogen) atoms. The van der Waals surface area contributed by atoms with Gasteiger partial charge in [0.25, 0.3) is 0 Å². The van der Waals surface area contributed by atoms with E-state index in [1.807, 2.05) is 0 Å². The van der Waals surface area contributed by atoms with Gasteiger partial charge in [-0.25, -0.2) is 8.42 Å². The van der Waals surface area contributed by atoms with E-state index in [0.29, 0.717) is 63.9 Å². The van der Waals surface area contributed by atoms with Gasteiger partial charge in [-0.15, -0.1) is 0 Å². The molecule has 0 unspecified atom stereocenters. The van der Waals surface area contributed by atoms with Crippen molar-refractivity contribution < 1.29 is 23.0 Å². The molecule has 2 aliphatic rings. The molecular weight excluding hydrogens is 558 g/mol. The van der Waals surface area contributed by atoms with Gasteiger partial charge in [-0.05, 0) is 48.6 Å². The smallest absolute Gasteiger partial charge is 0.243 e. The summed E-state index contributed by atoms with van der Waals surface area (Å²) < 4.78 is 39.4. The highest BCUT2D eigenvalue weighted by Gasteiger charge is 2.28. The number of anilines is 2. The number of benzene rings is 2. The zero-order chi connectivity index (χ0) is 24.8. The number of nitrogens with zero attached hydrogens (tertiary/aromatic N) is 3. The molecule has 0 amide bonds. The van der Waals surface area contributed by atoms with Gasteiger partial charge in [-0.1, -0.05) is 15.9 Å². The Morgan fingerprint density at radius 3 is 2.46 bits per heavy atom. The third kappa shape index (κ3) is 6.48. The minimum atomic E-state index is -3.69. The van der Waals surface area contributed by atoms with Crippen molar-refractivity contribution in [1.29, 1.82) is 0 Å². The van der Waals surface area contributed by atoms with Gasteiger partial charge in [0, 0.05) is 36.2 Å². The number of hydrogen-bond acceptors (Lipinski definition) is 8. The highest BCUT2D eigenvalue weighted by atomic mass is 79.9. The maximum Gasteiger partial charge on any atom is 0.243 e. The molecule has 0 radical (unpaired) electrons. The van der Waals surface area contributed by atoms with Crippen LogP contribution in [0.15, 0.2) is 50.9 Å². The van der Waals surface area contributed by atoms with Crippen molar-refractivity contribution in [2.24, 2.45) is 5.10 Å². The lowest BCUT2D eigenvalue weighted by Gasteiger charge is -2.31. The number of halogens is 1. The summed E-state index contributed by atoms with van der Waals surface area (Å²) in [4.78, 5) is 2.28. The topological polar surface area (TPSA) is 116 Å². The van der Waals surface area contributed by atoms with E-state index in [4.69, 9.17) is 21.7 Å². The van der Waals surface area contributed by atoms with Gasteiger partial charge in [0.2, 0.25) is 10.0 Å². The molecule has 3 N–H and O–H groups in total. The minimum absolute atomic E-state index is 0.0771. The van der Waals surface area contributed by atoms with Crippen LogP contribution in [-0.4, -0.2) is 81.8 Å². The summed E-state index contributed by atoms with van der Waals surface area (Å²) in [7, 11) is -3.69. The molecule has 13 heteroatoms. The monoisotopic (exact) mass is 583 g/mol. The van der Waals surface area contributed by atoms with E-state index in [1.54, 1.807) is 36.4 Å². The first-order valence-electron chi connectivity index (χ1n) is 11.0. The van der Waals surface area contributed by atoms with E-state index < -0.39 is 10.0 Å². The molecule has 0 aliphatic carbocycles. The van der Waals surface area contributed by atoms with Gasteiger partial charge in [0.05, 0.1) is 48.9 Å². The van der Waals surface area contributed by atoms with Crippen molar-refractivity contribution in [3.8, 4) is 5.75 Å². The number of rotatable bonds is 6. The van der Waals surface area contributed by atoms with Crippen molar-refractivity contribution in [2.45, 2.75) is 4.90 Å². The van der Waals surface area contributed by atoms with Crippen LogP contribution in [0.25, 0.3) is 0 Å². The number of ether oxygens (including phenoxy) is 2. The first kappa shape index (κ1) is 25.8. The van der Waals surface area contributed by atoms with E-state index in [2.05, 4.69) is 36.7 Å². The number of phenolic OH excluding ortho intramolecular Hbond substituents is 1. The SMILES string of the molecule is O=S(=O)(c1ccc(N2CCOCC2)c(NC(=S)NN=Cc2cc(Br)ccc2O)c1)N1CCOCC1. The molecule has 2 fully saturated rings. The standard InChI is InChI=1S/C22H26BrN5O5S2/c23-17-1-4-21(29)16(13-17)15-24-26-22(34)25-19-14-18(35(30,31)28-7-11-33-12-8-28)2-3-20(19)27-5-9-32-10-6-27/h1-4,13-15,29H,5-12H2,(H2,25,26,34). The van der Waals surface area contributed by atoms with Crippen LogP contribution >= 0.6 is 28.1 Å². The summed E-state index contributed by atoms with van der Waals surface area (Å²) in [6.45, 7) is 3.87. The average molecular weight is 585 g/mol. The second-order valence-corrected chi connectivity index (χ2v) is 11.1. The summed E-state index contributed by atoms with van der Waals surface area (Å²) in [5.41, 5.74) is 4.58. The second kappa shape index (κ2) is 11.6. The second-order valence-electron chi connectivity index (χ2n) is 7.82. The van der Waals surface area contributed by atoms with E-state index >= 15 is 0 Å². The van der Waals surface area contributed by atoms with Gasteiger partial charge in [0.15, 0.2) is 5.11 Å². The van der Waals surface area contributed by atoms with Crippen LogP contribution in [0.1, 0.15) is 5.56 Å². The van der Waals surface area contributed by atoms with Crippen molar-refractivity contribution in [3.63, 3.8) is 0 Å². The largest absolute Gasteiger partial charge is 0.507 e. The zero-order valence-electron chi connectivity index (χ0n) is 18.8. The van der Waals surface area contributed by atoms with Gasteiger partial charge < -0.3 is 24.8 Å². The molecule has 0 atom stereocenters. The number of phenols is 1. The van der Waals surface area contributed by atoms with Crippen LogP contribution in [-0.2, 0) is 19.5 Å². The Labute approximate surface area is 218 Å². The predicted octanol–water partition coefficient (Wildman–Crippen LogP) is 2.33. The normalized spacial score (nSPS) is 17.5. The van der Waals surface area contributed by atoms with Gasteiger partial charge >= 0.3 is 0 Å². The average Bonchev–Trinajstić information content (AvgIpc) is 2.87. The van der Waals surface area contributed by atoms with Crippen molar-refractivity contribution >= 4 is 60.9 Å². The lowest BCUT2D eigenvalue weighted by atomic mass is 10.2. The van der Waals surface area contributed by atoms with Crippen LogP contribution in [0.2, 0.25) is 0 Å². The predicted molar refractivity (Wildman–Crippen MR) is 142 cm³/mol. The molecule has 0 aromatic heterocycles. The molecule has 188 valence electrons. The fourth-order valence-corrected chi connectivity index (χ4v) is 5.71. The van der Waals surface area contributed by atoms with Crippen molar-refractivity contribution in [1.82, 2.24) is 9.73 Å². The van der Waals surface area contributed by atoms with E-state index in [1.165, 1.54) is 10.5 Å². The Bertz CT molecular complexity index is 1200. The lowest BCUT2D eigenvalue weighted by Crippen LogP contribution is -2.40. The molecule has 2 aromatic rings. The van der Waals surface area contributed by atoms with Crippen molar-refractivity contribution in [3.05, 3.63) is 46.4 Å². The summed E-state index contributed by atoms with van der Waals surface area (Å²) in [6.07, 6.45) is 1.44. The Hall–Kier alpha value is -2.29. The lowest BCUT2D eigenvalue weighted by molar-refractivity contribution is 0.0730. The maximum atomic E-state index is 13.2. The number of hydrazone groups is 1. The maximum absolute atomic E-state index is 13.2. The van der Waals surface area contributed by atoms with Crippen LogP contribution in [0.3, 0.4) is 0 Å². The fraction of sp³-hybridized carbons (Fsp3) is 0.364. The number of nitrogens with one attached hydrogen (secondary N) is 2. The molecule has 0 bridgehead atoms. The number of morpholine rings is 2. The molecular formula is C22H26BrN5O5S2. The van der Waals surface area contributed by atoms with Crippen LogP contribution in [0, 0.1) is 0 Å². The first-order valence-corrected chi connectivity index (χ1v) is 13.6. The Morgan fingerprint density at radius 2 is 1.74 bits per heavy atom. The number of sulfonamides is 1. The van der Waals surface area contributed by atoms with Gasteiger partial charge in [0.1, 0.15) is 5.75 Å².